The van der Waals surface area contributed by atoms with Crippen LogP contribution in [-0.4, -0.2) is 29.3 Å². The summed E-state index contributed by atoms with van der Waals surface area (Å²) in [5.41, 5.74) is 3.80. The molecule has 5 nitrogen and oxygen atoms in total. The molecule has 0 amide bonds. The molecule has 0 bridgehead atoms. The monoisotopic (exact) mass is 293 g/mol. The third kappa shape index (κ3) is 5.06. The molecular formula is C16H31N5. The maximum Gasteiger partial charge on any atom is 0.191 e. The van der Waals surface area contributed by atoms with E-state index in [-0.39, 0.29) is 0 Å². The first-order valence-electron chi connectivity index (χ1n) is 8.01. The number of guanidine groups is 1. The van der Waals surface area contributed by atoms with Gasteiger partial charge in [0.15, 0.2) is 5.96 Å². The summed E-state index contributed by atoms with van der Waals surface area (Å²) in [4.78, 5) is 4.28. The first-order valence-corrected chi connectivity index (χ1v) is 8.01. The standard InChI is InChI=1S/C16H31N5/c1-7-14-13(15(8-2)21(6)20-14)11-19-16(17-5)18-10-9-12(3)4/h12H,7-11H2,1-6H3,(H2,17,18,19). The van der Waals surface area contributed by atoms with Gasteiger partial charge < -0.3 is 10.6 Å². The number of nitrogens with one attached hydrogen (secondary N) is 2. The largest absolute Gasteiger partial charge is 0.356 e. The van der Waals surface area contributed by atoms with Crippen LogP contribution in [0.1, 0.15) is 51.1 Å². The van der Waals surface area contributed by atoms with Crippen molar-refractivity contribution in [2.75, 3.05) is 13.6 Å². The fraction of sp³-hybridized carbons (Fsp3) is 0.750. The summed E-state index contributed by atoms with van der Waals surface area (Å²) in [5, 5.41) is 11.4. The van der Waals surface area contributed by atoms with Gasteiger partial charge in [0.05, 0.1) is 5.69 Å². The molecule has 0 aliphatic heterocycles. The van der Waals surface area contributed by atoms with Gasteiger partial charge in [-0.05, 0) is 25.2 Å². The van der Waals surface area contributed by atoms with Crippen LogP contribution in [0.25, 0.3) is 0 Å². The number of aryl methyl sites for hydroxylation is 2. The second-order valence-electron chi connectivity index (χ2n) is 5.74. The van der Waals surface area contributed by atoms with E-state index in [0.29, 0.717) is 5.92 Å². The van der Waals surface area contributed by atoms with E-state index in [1.807, 2.05) is 18.8 Å². The molecule has 0 saturated carbocycles. The Bertz CT molecular complexity index is 459. The van der Waals surface area contributed by atoms with E-state index in [2.05, 4.69) is 48.4 Å². The van der Waals surface area contributed by atoms with Gasteiger partial charge in [-0.1, -0.05) is 27.7 Å². The fourth-order valence-electron chi connectivity index (χ4n) is 2.47. The number of rotatable bonds is 7. The lowest BCUT2D eigenvalue weighted by atomic mass is 10.1. The molecule has 1 rings (SSSR count). The average Bonchev–Trinajstić information content (AvgIpc) is 2.77. The summed E-state index contributed by atoms with van der Waals surface area (Å²) in [6, 6.07) is 0. The fourth-order valence-corrected chi connectivity index (χ4v) is 2.47. The summed E-state index contributed by atoms with van der Waals surface area (Å²) in [6.07, 6.45) is 3.11. The highest BCUT2D eigenvalue weighted by atomic mass is 15.3. The van der Waals surface area contributed by atoms with E-state index in [0.717, 1.165) is 38.3 Å². The predicted octanol–water partition coefficient (Wildman–Crippen LogP) is 2.26. The van der Waals surface area contributed by atoms with Crippen molar-refractivity contribution in [3.05, 3.63) is 17.0 Å². The van der Waals surface area contributed by atoms with E-state index >= 15 is 0 Å². The van der Waals surface area contributed by atoms with E-state index in [1.54, 1.807) is 0 Å². The third-order valence-electron chi connectivity index (χ3n) is 3.70. The molecule has 0 saturated heterocycles. The van der Waals surface area contributed by atoms with Gasteiger partial charge in [0.2, 0.25) is 0 Å². The molecule has 2 N–H and O–H groups in total. The maximum absolute atomic E-state index is 4.61. The zero-order valence-corrected chi connectivity index (χ0v) is 14.5. The summed E-state index contributed by atoms with van der Waals surface area (Å²) in [6.45, 7) is 10.5. The molecule has 1 heterocycles. The first-order chi connectivity index (χ1) is 10.0. The molecule has 0 aliphatic rings. The van der Waals surface area contributed by atoms with Gasteiger partial charge in [-0.25, -0.2) is 0 Å². The first kappa shape index (κ1) is 17.5. The summed E-state index contributed by atoms with van der Waals surface area (Å²) in [5.74, 6) is 1.57. The minimum absolute atomic E-state index is 0.701. The normalized spacial score (nSPS) is 12.0. The van der Waals surface area contributed by atoms with Gasteiger partial charge >= 0.3 is 0 Å². The Labute approximate surface area is 129 Å². The Balaban J connectivity index is 2.64. The van der Waals surface area contributed by atoms with Crippen LogP contribution in [0.5, 0.6) is 0 Å². The van der Waals surface area contributed by atoms with E-state index < -0.39 is 0 Å². The number of aromatic nitrogens is 2. The zero-order chi connectivity index (χ0) is 15.8. The molecule has 5 heteroatoms. The Morgan fingerprint density at radius 3 is 2.48 bits per heavy atom. The van der Waals surface area contributed by atoms with Crippen LogP contribution >= 0.6 is 0 Å². The van der Waals surface area contributed by atoms with E-state index in [9.17, 15) is 0 Å². The lowest BCUT2D eigenvalue weighted by Crippen LogP contribution is -2.37. The van der Waals surface area contributed by atoms with Crippen molar-refractivity contribution in [1.82, 2.24) is 20.4 Å². The Morgan fingerprint density at radius 1 is 1.24 bits per heavy atom. The molecule has 0 aliphatic carbocycles. The average molecular weight is 293 g/mol. The third-order valence-corrected chi connectivity index (χ3v) is 3.70. The molecule has 1 aromatic heterocycles. The lowest BCUT2D eigenvalue weighted by molar-refractivity contribution is 0.573. The van der Waals surface area contributed by atoms with Crippen molar-refractivity contribution >= 4 is 5.96 Å². The molecule has 0 aromatic carbocycles. The topological polar surface area (TPSA) is 54.2 Å². The van der Waals surface area contributed by atoms with Crippen LogP contribution in [0.15, 0.2) is 4.99 Å². The van der Waals surface area contributed by atoms with Crippen LogP contribution in [0.2, 0.25) is 0 Å². The van der Waals surface area contributed by atoms with Crippen LogP contribution in [0.4, 0.5) is 0 Å². The van der Waals surface area contributed by atoms with Crippen LogP contribution in [-0.2, 0) is 26.4 Å². The van der Waals surface area contributed by atoms with E-state index in [4.69, 9.17) is 0 Å². The van der Waals surface area contributed by atoms with Gasteiger partial charge in [0.25, 0.3) is 0 Å². The van der Waals surface area contributed by atoms with Crippen molar-refractivity contribution < 1.29 is 0 Å². The quantitative estimate of drug-likeness (QED) is 0.599. The van der Waals surface area contributed by atoms with E-state index in [1.165, 1.54) is 17.0 Å². The summed E-state index contributed by atoms with van der Waals surface area (Å²) in [7, 11) is 3.84. The zero-order valence-electron chi connectivity index (χ0n) is 14.5. The minimum atomic E-state index is 0.701. The Hall–Kier alpha value is -1.52. The van der Waals surface area contributed by atoms with Crippen molar-refractivity contribution in [1.29, 1.82) is 0 Å². The molecule has 21 heavy (non-hydrogen) atoms. The van der Waals surface area contributed by atoms with Crippen LogP contribution in [0, 0.1) is 5.92 Å². The molecule has 120 valence electrons. The number of aliphatic imine (C=N–C) groups is 1. The number of hydrogen-bond donors (Lipinski definition) is 2. The lowest BCUT2D eigenvalue weighted by Gasteiger charge is -2.13. The molecule has 0 spiro atoms. The smallest absolute Gasteiger partial charge is 0.191 e. The summed E-state index contributed by atoms with van der Waals surface area (Å²) >= 11 is 0. The number of hydrogen-bond acceptors (Lipinski definition) is 2. The second kappa shape index (κ2) is 8.70. The molecule has 0 unspecified atom stereocenters. The van der Waals surface area contributed by atoms with Gasteiger partial charge in [-0.2, -0.15) is 5.10 Å². The number of nitrogens with zero attached hydrogens (tertiary/aromatic N) is 3. The van der Waals surface area contributed by atoms with Gasteiger partial charge in [0, 0.05) is 38.4 Å². The molecule has 0 atom stereocenters. The highest BCUT2D eigenvalue weighted by Gasteiger charge is 2.13. The molecule has 0 radical (unpaired) electrons. The van der Waals surface area contributed by atoms with Crippen molar-refractivity contribution in [2.45, 2.75) is 53.5 Å². The highest BCUT2D eigenvalue weighted by molar-refractivity contribution is 5.79. The van der Waals surface area contributed by atoms with Gasteiger partial charge in [0.1, 0.15) is 0 Å². The SMILES string of the molecule is CCc1nn(C)c(CC)c1CNC(=NC)NCCC(C)C. The van der Waals surface area contributed by atoms with Gasteiger partial charge in [-0.15, -0.1) is 0 Å². The second-order valence-corrected chi connectivity index (χ2v) is 5.74. The molecule has 1 aromatic rings. The highest BCUT2D eigenvalue weighted by Crippen LogP contribution is 2.15. The van der Waals surface area contributed by atoms with Crippen molar-refractivity contribution in [3.8, 4) is 0 Å². The Kier molecular flexibility index (Phi) is 7.26. The molecular weight excluding hydrogens is 262 g/mol. The van der Waals surface area contributed by atoms with Crippen LogP contribution < -0.4 is 10.6 Å². The van der Waals surface area contributed by atoms with Crippen molar-refractivity contribution in [2.24, 2.45) is 18.0 Å². The maximum atomic E-state index is 4.61. The van der Waals surface area contributed by atoms with Crippen LogP contribution in [0.3, 0.4) is 0 Å². The summed E-state index contributed by atoms with van der Waals surface area (Å²) < 4.78 is 2.00. The minimum Gasteiger partial charge on any atom is -0.356 e. The van der Waals surface area contributed by atoms with Crippen molar-refractivity contribution in [3.63, 3.8) is 0 Å². The predicted molar refractivity (Wildman–Crippen MR) is 89.6 cm³/mol. The molecule has 0 fully saturated rings. The van der Waals surface area contributed by atoms with Gasteiger partial charge in [-0.3, -0.25) is 9.67 Å². The Morgan fingerprint density at radius 2 is 1.95 bits per heavy atom.